The number of benzene rings is 1. The fourth-order valence-electron chi connectivity index (χ4n) is 1.95. The predicted molar refractivity (Wildman–Crippen MR) is 79.7 cm³/mol. The molecule has 0 saturated heterocycles. The Bertz CT molecular complexity index is 570. The average molecular weight is 256 g/mol. The lowest BCUT2D eigenvalue weighted by molar-refractivity contribution is 0.697. The van der Waals surface area contributed by atoms with Crippen LogP contribution in [0.5, 0.6) is 0 Å². The van der Waals surface area contributed by atoms with E-state index in [1.807, 2.05) is 12.3 Å². The van der Waals surface area contributed by atoms with Gasteiger partial charge in [-0.25, -0.2) is 0 Å². The average Bonchev–Trinajstić information content (AvgIpc) is 2.41. The number of hydrogen-bond acceptors (Lipinski definition) is 2. The zero-order valence-corrected chi connectivity index (χ0v) is 11.5. The summed E-state index contributed by atoms with van der Waals surface area (Å²) >= 11 is 0. The van der Waals surface area contributed by atoms with Crippen LogP contribution in [0.4, 0.5) is 5.69 Å². The molecule has 1 aromatic carbocycles. The molecule has 0 unspecified atom stereocenters. The Balaban J connectivity index is 1.89. The summed E-state index contributed by atoms with van der Waals surface area (Å²) in [6.07, 6.45) is 1.81. The van der Waals surface area contributed by atoms with E-state index >= 15 is 0 Å². The van der Waals surface area contributed by atoms with Gasteiger partial charge in [0.1, 0.15) is 0 Å². The predicted octanol–water partition coefficient (Wildman–Crippen LogP) is 3.08. The first-order valence-electron chi connectivity index (χ1n) is 6.66. The van der Waals surface area contributed by atoms with E-state index in [0.29, 0.717) is 12.5 Å². The molecule has 3 nitrogen and oxygen atoms in total. The molecule has 1 heterocycles. The maximum atomic E-state index is 11.5. The summed E-state index contributed by atoms with van der Waals surface area (Å²) in [5.41, 5.74) is 2.47. The van der Waals surface area contributed by atoms with Crippen LogP contribution in [0.3, 0.4) is 0 Å². The maximum Gasteiger partial charge on any atom is 0.250 e. The van der Waals surface area contributed by atoms with Gasteiger partial charge in [-0.2, -0.15) is 0 Å². The Labute approximate surface area is 113 Å². The van der Waals surface area contributed by atoms with E-state index in [1.54, 1.807) is 16.7 Å². The second kappa shape index (κ2) is 6.23. The lowest BCUT2D eigenvalue weighted by Gasteiger charge is -2.10. The molecule has 2 aromatic rings. The van der Waals surface area contributed by atoms with Crippen LogP contribution < -0.4 is 10.9 Å². The summed E-state index contributed by atoms with van der Waals surface area (Å²) in [5.74, 6) is 0.553. The molecule has 0 aliphatic heterocycles. The Hall–Kier alpha value is -2.03. The molecule has 0 aliphatic carbocycles. The number of anilines is 1. The van der Waals surface area contributed by atoms with Crippen molar-refractivity contribution in [3.05, 3.63) is 64.6 Å². The van der Waals surface area contributed by atoms with Crippen molar-refractivity contribution in [3.63, 3.8) is 0 Å². The van der Waals surface area contributed by atoms with Gasteiger partial charge in [0.25, 0.3) is 5.56 Å². The Morgan fingerprint density at radius 1 is 1.11 bits per heavy atom. The first-order chi connectivity index (χ1) is 9.16. The van der Waals surface area contributed by atoms with E-state index in [2.05, 4.69) is 43.4 Å². The molecule has 19 heavy (non-hydrogen) atoms. The maximum absolute atomic E-state index is 11.5. The first kappa shape index (κ1) is 13.4. The molecule has 0 saturated carbocycles. The molecule has 0 aliphatic rings. The monoisotopic (exact) mass is 256 g/mol. The van der Waals surface area contributed by atoms with Crippen molar-refractivity contribution in [3.8, 4) is 0 Å². The lowest BCUT2D eigenvalue weighted by atomic mass is 10.0. The van der Waals surface area contributed by atoms with E-state index in [9.17, 15) is 4.79 Å². The van der Waals surface area contributed by atoms with Crippen molar-refractivity contribution in [2.45, 2.75) is 26.3 Å². The molecule has 0 spiro atoms. The third-order valence-electron chi connectivity index (χ3n) is 3.16. The van der Waals surface area contributed by atoms with Crippen molar-refractivity contribution in [1.82, 2.24) is 4.57 Å². The van der Waals surface area contributed by atoms with Crippen molar-refractivity contribution >= 4 is 5.69 Å². The topological polar surface area (TPSA) is 34.0 Å². The number of pyridine rings is 1. The highest BCUT2D eigenvalue weighted by molar-refractivity contribution is 5.45. The molecule has 0 radical (unpaired) electrons. The van der Waals surface area contributed by atoms with Crippen molar-refractivity contribution in [2.75, 3.05) is 11.9 Å². The van der Waals surface area contributed by atoms with E-state index < -0.39 is 0 Å². The Morgan fingerprint density at radius 2 is 1.84 bits per heavy atom. The van der Waals surface area contributed by atoms with Gasteiger partial charge in [-0.3, -0.25) is 4.79 Å². The van der Waals surface area contributed by atoms with Crippen LogP contribution in [0.15, 0.2) is 53.5 Å². The summed E-state index contributed by atoms with van der Waals surface area (Å²) in [7, 11) is 0. The van der Waals surface area contributed by atoms with Gasteiger partial charge in [0.05, 0.1) is 0 Å². The van der Waals surface area contributed by atoms with Gasteiger partial charge < -0.3 is 9.88 Å². The minimum Gasteiger partial charge on any atom is -0.383 e. The minimum atomic E-state index is 0.0412. The van der Waals surface area contributed by atoms with Gasteiger partial charge >= 0.3 is 0 Å². The molecule has 0 amide bonds. The Morgan fingerprint density at radius 3 is 2.47 bits per heavy atom. The summed E-state index contributed by atoms with van der Waals surface area (Å²) in [6, 6.07) is 13.7. The van der Waals surface area contributed by atoms with E-state index in [4.69, 9.17) is 0 Å². The number of hydrogen-bond donors (Lipinski definition) is 1. The zero-order chi connectivity index (χ0) is 13.7. The van der Waals surface area contributed by atoms with E-state index in [1.165, 1.54) is 5.56 Å². The molecule has 100 valence electrons. The first-order valence-corrected chi connectivity index (χ1v) is 6.66. The number of aromatic nitrogens is 1. The summed E-state index contributed by atoms with van der Waals surface area (Å²) in [5, 5.41) is 3.33. The van der Waals surface area contributed by atoms with Gasteiger partial charge in [0.15, 0.2) is 0 Å². The number of nitrogens with one attached hydrogen (secondary N) is 1. The molecule has 0 atom stereocenters. The van der Waals surface area contributed by atoms with E-state index in [-0.39, 0.29) is 5.56 Å². The number of nitrogens with zero attached hydrogens (tertiary/aromatic N) is 1. The van der Waals surface area contributed by atoms with Gasteiger partial charge in [-0.05, 0) is 29.7 Å². The van der Waals surface area contributed by atoms with Gasteiger partial charge in [0, 0.05) is 31.0 Å². The van der Waals surface area contributed by atoms with Crippen LogP contribution in [0.25, 0.3) is 0 Å². The molecular weight excluding hydrogens is 236 g/mol. The summed E-state index contributed by atoms with van der Waals surface area (Å²) in [4.78, 5) is 11.5. The van der Waals surface area contributed by atoms with Gasteiger partial charge in [0.2, 0.25) is 0 Å². The van der Waals surface area contributed by atoms with Gasteiger partial charge in [-0.1, -0.05) is 32.0 Å². The largest absolute Gasteiger partial charge is 0.383 e. The molecule has 1 aromatic heterocycles. The second-order valence-corrected chi connectivity index (χ2v) is 4.94. The zero-order valence-electron chi connectivity index (χ0n) is 11.5. The third-order valence-corrected chi connectivity index (χ3v) is 3.16. The molecule has 0 bridgehead atoms. The van der Waals surface area contributed by atoms with E-state index in [0.717, 1.165) is 12.2 Å². The minimum absolute atomic E-state index is 0.0412. The Kier molecular flexibility index (Phi) is 4.39. The fourth-order valence-corrected chi connectivity index (χ4v) is 1.95. The molecule has 3 heteroatoms. The normalized spacial score (nSPS) is 10.7. The van der Waals surface area contributed by atoms with Crippen LogP contribution in [-0.2, 0) is 6.54 Å². The fraction of sp³-hybridized carbons (Fsp3) is 0.312. The highest BCUT2D eigenvalue weighted by Gasteiger charge is 1.99. The van der Waals surface area contributed by atoms with Gasteiger partial charge in [-0.15, -0.1) is 0 Å². The summed E-state index contributed by atoms with van der Waals surface area (Å²) in [6.45, 7) is 5.78. The van der Waals surface area contributed by atoms with Crippen LogP contribution in [-0.4, -0.2) is 11.1 Å². The standard InChI is InChI=1S/C16H20N2O/c1-13(2)14-6-8-15(9-7-14)17-10-12-18-11-4-3-5-16(18)19/h3-9,11,13,17H,10,12H2,1-2H3. The summed E-state index contributed by atoms with van der Waals surface area (Å²) < 4.78 is 1.70. The van der Waals surface area contributed by atoms with Crippen molar-refractivity contribution < 1.29 is 0 Å². The smallest absolute Gasteiger partial charge is 0.250 e. The highest BCUT2D eigenvalue weighted by Crippen LogP contribution is 2.16. The van der Waals surface area contributed by atoms with Crippen molar-refractivity contribution in [1.29, 1.82) is 0 Å². The molecule has 2 rings (SSSR count). The highest BCUT2D eigenvalue weighted by atomic mass is 16.1. The second-order valence-electron chi connectivity index (χ2n) is 4.94. The molecule has 0 fully saturated rings. The number of rotatable bonds is 5. The van der Waals surface area contributed by atoms with Crippen LogP contribution in [0.2, 0.25) is 0 Å². The van der Waals surface area contributed by atoms with Crippen LogP contribution in [0.1, 0.15) is 25.3 Å². The van der Waals surface area contributed by atoms with Crippen LogP contribution >= 0.6 is 0 Å². The quantitative estimate of drug-likeness (QED) is 0.892. The lowest BCUT2D eigenvalue weighted by Crippen LogP contribution is -2.21. The molecular formula is C16H20N2O. The third kappa shape index (κ3) is 3.71. The molecule has 1 N–H and O–H groups in total. The SMILES string of the molecule is CC(C)c1ccc(NCCn2ccccc2=O)cc1. The van der Waals surface area contributed by atoms with Crippen molar-refractivity contribution in [2.24, 2.45) is 0 Å². The van der Waals surface area contributed by atoms with Crippen LogP contribution in [0, 0.1) is 0 Å².